The molecule has 2 amide bonds. The Kier molecular flexibility index (Phi) is 4.99. The van der Waals surface area contributed by atoms with Crippen LogP contribution in [-0.4, -0.2) is 54.5 Å². The summed E-state index contributed by atoms with van der Waals surface area (Å²) < 4.78 is 23.7. The van der Waals surface area contributed by atoms with E-state index in [2.05, 4.69) is 17.3 Å². The summed E-state index contributed by atoms with van der Waals surface area (Å²) in [5.74, 6) is 2.16. The van der Waals surface area contributed by atoms with Crippen molar-refractivity contribution in [2.24, 2.45) is 28.3 Å². The van der Waals surface area contributed by atoms with Gasteiger partial charge in [-0.05, 0) is 74.5 Å². The number of nitrogens with one attached hydrogen (secondary N) is 1. The van der Waals surface area contributed by atoms with Crippen molar-refractivity contribution in [3.8, 4) is 0 Å². The molecule has 30 heavy (non-hydrogen) atoms. The average molecular weight is 436 g/mol. The molecule has 2 aliphatic heterocycles. The summed E-state index contributed by atoms with van der Waals surface area (Å²) in [4.78, 5) is 25.5. The smallest absolute Gasteiger partial charge is 0.267 e. The molecule has 6 aliphatic rings. The second kappa shape index (κ2) is 7.31. The number of nitrogens with zero attached hydrogens (tertiary/aromatic N) is 2. The summed E-state index contributed by atoms with van der Waals surface area (Å²) in [5, 5.41) is 8.96. The third-order valence-corrected chi connectivity index (χ3v) is 10.2. The number of rotatable bonds is 5. The fraction of sp³-hybridized carbons (Fsp3) is 0.864. The highest BCUT2D eigenvalue weighted by molar-refractivity contribution is 7.91. The Balaban J connectivity index is 1.31. The van der Waals surface area contributed by atoms with Gasteiger partial charge in [0, 0.05) is 18.9 Å². The van der Waals surface area contributed by atoms with Crippen molar-refractivity contribution in [3.63, 3.8) is 0 Å². The Labute approximate surface area is 178 Å². The number of carbonyl (C=O) groups is 2. The maximum Gasteiger partial charge on any atom is 0.267 e. The van der Waals surface area contributed by atoms with E-state index in [0.717, 1.165) is 24.2 Å². The average Bonchev–Trinajstić information content (AvgIpc) is 3.04. The molecule has 1 N–H and O–H groups in total. The van der Waals surface area contributed by atoms with Crippen LogP contribution in [0, 0.1) is 23.2 Å². The van der Waals surface area contributed by atoms with Gasteiger partial charge in [-0.15, -0.1) is 0 Å². The van der Waals surface area contributed by atoms with E-state index in [0.29, 0.717) is 18.6 Å². The Hall–Kier alpha value is -1.44. The second-order valence-corrected chi connectivity index (χ2v) is 12.8. The molecule has 0 aromatic rings. The minimum absolute atomic E-state index is 0.0536. The van der Waals surface area contributed by atoms with Crippen LogP contribution in [-0.2, 0) is 19.4 Å². The van der Waals surface area contributed by atoms with Crippen LogP contribution < -0.4 is 5.32 Å². The van der Waals surface area contributed by atoms with Gasteiger partial charge in [0.15, 0.2) is 9.84 Å². The fourth-order valence-corrected chi connectivity index (χ4v) is 9.21. The molecule has 2 heterocycles. The number of amides is 2. The van der Waals surface area contributed by atoms with Gasteiger partial charge in [0.1, 0.15) is 5.71 Å². The minimum Gasteiger partial charge on any atom is -0.348 e. The molecule has 166 valence electrons. The Bertz CT molecular complexity index is 846. The van der Waals surface area contributed by atoms with Crippen molar-refractivity contribution >= 4 is 27.4 Å². The zero-order valence-corrected chi connectivity index (χ0v) is 18.6. The van der Waals surface area contributed by atoms with Crippen LogP contribution in [0.2, 0.25) is 0 Å². The Morgan fingerprint density at radius 1 is 1.17 bits per heavy atom. The van der Waals surface area contributed by atoms with E-state index in [1.54, 1.807) is 0 Å². The van der Waals surface area contributed by atoms with E-state index >= 15 is 0 Å². The number of sulfone groups is 1. The maximum absolute atomic E-state index is 13.2. The quantitative estimate of drug-likeness (QED) is 0.716. The van der Waals surface area contributed by atoms with Crippen molar-refractivity contribution < 1.29 is 18.0 Å². The summed E-state index contributed by atoms with van der Waals surface area (Å²) in [6.45, 7) is 2.16. The minimum atomic E-state index is -3.12. The number of hydrogen-bond donors (Lipinski definition) is 1. The van der Waals surface area contributed by atoms with Crippen LogP contribution in [0.3, 0.4) is 0 Å². The summed E-state index contributed by atoms with van der Waals surface area (Å²) in [6.07, 6.45) is 9.67. The normalized spacial score (nSPS) is 40.4. The zero-order valence-electron chi connectivity index (χ0n) is 17.8. The van der Waals surface area contributed by atoms with E-state index < -0.39 is 15.9 Å². The molecule has 2 unspecified atom stereocenters. The standard InChI is InChI=1S/C22H33N3O4S/c1-2-19(22-10-14-7-15(11-22)9-16(8-14)12-22)23-21(27)18-3-4-20(26)25(24-18)17-5-6-30(28,29)13-17/h14-17,19H,2-13H2,1H3,(H,23,27). The summed E-state index contributed by atoms with van der Waals surface area (Å²) in [5.41, 5.74) is 0.603. The molecule has 0 spiro atoms. The van der Waals surface area contributed by atoms with Crippen LogP contribution >= 0.6 is 0 Å². The third-order valence-electron chi connectivity index (χ3n) is 8.41. The molecule has 0 radical (unpaired) electrons. The molecular formula is C22H33N3O4S. The molecule has 5 fully saturated rings. The Morgan fingerprint density at radius 2 is 1.80 bits per heavy atom. The van der Waals surface area contributed by atoms with E-state index in [-0.39, 0.29) is 41.2 Å². The van der Waals surface area contributed by atoms with E-state index in [9.17, 15) is 18.0 Å². The largest absolute Gasteiger partial charge is 0.348 e. The van der Waals surface area contributed by atoms with Gasteiger partial charge in [-0.25, -0.2) is 13.4 Å². The molecule has 8 heteroatoms. The van der Waals surface area contributed by atoms with Crippen LogP contribution in [0.15, 0.2) is 5.10 Å². The van der Waals surface area contributed by atoms with Crippen LogP contribution in [0.1, 0.15) is 71.1 Å². The summed E-state index contributed by atoms with van der Waals surface area (Å²) >= 11 is 0. The molecule has 4 bridgehead atoms. The van der Waals surface area contributed by atoms with Crippen molar-refractivity contribution in [1.82, 2.24) is 10.3 Å². The maximum atomic E-state index is 13.2. The van der Waals surface area contributed by atoms with Gasteiger partial charge in [-0.2, -0.15) is 5.10 Å². The first-order valence-corrected chi connectivity index (χ1v) is 13.5. The lowest BCUT2D eigenvalue weighted by Crippen LogP contribution is -2.57. The van der Waals surface area contributed by atoms with Gasteiger partial charge in [0.25, 0.3) is 5.91 Å². The first kappa shape index (κ1) is 20.5. The lowest BCUT2D eigenvalue weighted by atomic mass is 9.47. The summed E-state index contributed by atoms with van der Waals surface area (Å²) in [6, 6.07) is -0.283. The first-order chi connectivity index (χ1) is 14.3. The van der Waals surface area contributed by atoms with Crippen LogP contribution in [0.5, 0.6) is 0 Å². The van der Waals surface area contributed by atoms with Crippen molar-refractivity contribution in [3.05, 3.63) is 0 Å². The highest BCUT2D eigenvalue weighted by Crippen LogP contribution is 2.61. The number of hydrazone groups is 1. The van der Waals surface area contributed by atoms with Crippen molar-refractivity contribution in [1.29, 1.82) is 0 Å². The molecule has 4 aliphatic carbocycles. The van der Waals surface area contributed by atoms with E-state index in [1.165, 1.54) is 43.5 Å². The van der Waals surface area contributed by atoms with Gasteiger partial charge < -0.3 is 5.32 Å². The third kappa shape index (κ3) is 3.59. The molecule has 6 rings (SSSR count). The molecule has 7 nitrogen and oxygen atoms in total. The molecule has 1 saturated heterocycles. The van der Waals surface area contributed by atoms with Gasteiger partial charge in [-0.1, -0.05) is 6.92 Å². The number of carbonyl (C=O) groups excluding carboxylic acids is 2. The van der Waals surface area contributed by atoms with Gasteiger partial charge >= 0.3 is 0 Å². The van der Waals surface area contributed by atoms with Crippen LogP contribution in [0.25, 0.3) is 0 Å². The van der Waals surface area contributed by atoms with E-state index in [1.807, 2.05) is 0 Å². The first-order valence-electron chi connectivity index (χ1n) is 11.7. The number of hydrogen-bond acceptors (Lipinski definition) is 5. The lowest BCUT2D eigenvalue weighted by molar-refractivity contribution is -0.133. The van der Waals surface area contributed by atoms with Gasteiger partial charge in [0.05, 0.1) is 17.5 Å². The molecule has 0 aromatic heterocycles. The Morgan fingerprint density at radius 3 is 2.33 bits per heavy atom. The fourth-order valence-electron chi connectivity index (χ4n) is 7.52. The van der Waals surface area contributed by atoms with Gasteiger partial charge in [-0.3, -0.25) is 9.59 Å². The van der Waals surface area contributed by atoms with Gasteiger partial charge in [0.2, 0.25) is 5.91 Å². The molecule has 0 aromatic carbocycles. The molecule has 2 atom stereocenters. The summed E-state index contributed by atoms with van der Waals surface area (Å²) in [7, 11) is -3.12. The topological polar surface area (TPSA) is 95.9 Å². The highest BCUT2D eigenvalue weighted by atomic mass is 32.2. The predicted octanol–water partition coefficient (Wildman–Crippen LogP) is 2.26. The monoisotopic (exact) mass is 435 g/mol. The SMILES string of the molecule is CCC(NC(=O)C1=NN(C2CCS(=O)(=O)C2)C(=O)CC1)C12CC3CC(CC(C3)C1)C2. The molecule has 4 saturated carbocycles. The molecular weight excluding hydrogens is 402 g/mol. The highest BCUT2D eigenvalue weighted by Gasteiger charge is 2.54. The van der Waals surface area contributed by atoms with Crippen molar-refractivity contribution in [2.75, 3.05) is 11.5 Å². The van der Waals surface area contributed by atoms with Crippen molar-refractivity contribution in [2.45, 2.75) is 83.2 Å². The van der Waals surface area contributed by atoms with Crippen LogP contribution in [0.4, 0.5) is 0 Å². The lowest BCUT2D eigenvalue weighted by Gasteiger charge is -2.59. The van der Waals surface area contributed by atoms with E-state index in [4.69, 9.17) is 0 Å². The zero-order chi connectivity index (χ0) is 21.1. The second-order valence-electron chi connectivity index (χ2n) is 10.6. The predicted molar refractivity (Wildman–Crippen MR) is 113 cm³/mol.